The highest BCUT2D eigenvalue weighted by atomic mass is 127. The molecule has 0 radical (unpaired) electrons. The van der Waals surface area contributed by atoms with Crippen molar-refractivity contribution in [1.82, 2.24) is 25.4 Å². The van der Waals surface area contributed by atoms with Crippen LogP contribution in [0.15, 0.2) is 53.5 Å². The topological polar surface area (TPSA) is 67.1 Å². The quantitative estimate of drug-likeness (QED) is 0.281. The second kappa shape index (κ2) is 11.6. The Morgan fingerprint density at radius 2 is 1.83 bits per heavy atom. The molecule has 2 aromatic carbocycles. The summed E-state index contributed by atoms with van der Waals surface area (Å²) in [6.07, 6.45) is 0.332. The first-order chi connectivity index (χ1) is 14.0. The van der Waals surface area contributed by atoms with Gasteiger partial charge < -0.3 is 15.2 Å². The largest absolute Gasteiger partial charge is 0.356 e. The number of nitrogens with zero attached hydrogens (tertiary/aromatic N) is 4. The number of hydrogen-bond donors (Lipinski definition) is 2. The van der Waals surface area contributed by atoms with E-state index in [-0.39, 0.29) is 24.0 Å². The number of benzene rings is 2. The Morgan fingerprint density at radius 3 is 2.53 bits per heavy atom. The van der Waals surface area contributed by atoms with Crippen molar-refractivity contribution in [2.24, 2.45) is 12.0 Å². The molecule has 0 bridgehead atoms. The Labute approximate surface area is 191 Å². The maximum atomic E-state index is 13.8. The molecule has 0 aliphatic rings. The summed E-state index contributed by atoms with van der Waals surface area (Å²) in [5, 5.41) is 14.6. The predicted molar refractivity (Wildman–Crippen MR) is 124 cm³/mol. The van der Waals surface area contributed by atoms with E-state index in [2.05, 4.69) is 25.8 Å². The summed E-state index contributed by atoms with van der Waals surface area (Å²) < 4.78 is 29.1. The van der Waals surface area contributed by atoms with Gasteiger partial charge in [-0.05, 0) is 42.7 Å². The average molecular weight is 526 g/mol. The van der Waals surface area contributed by atoms with E-state index < -0.39 is 11.6 Å². The number of halogens is 3. The zero-order valence-corrected chi connectivity index (χ0v) is 19.2. The SMILES string of the molecule is Cc1nnc(CNC(=NCc2ccccc2)NCCc2cc(F)ccc2F)n1C.I. The van der Waals surface area contributed by atoms with E-state index in [1.165, 1.54) is 6.07 Å². The van der Waals surface area contributed by atoms with Gasteiger partial charge in [-0.1, -0.05) is 30.3 Å². The number of guanidine groups is 1. The number of hydrogen-bond acceptors (Lipinski definition) is 3. The van der Waals surface area contributed by atoms with Gasteiger partial charge in [0.2, 0.25) is 0 Å². The Bertz CT molecular complexity index is 975. The molecule has 3 rings (SSSR count). The van der Waals surface area contributed by atoms with Crippen molar-refractivity contribution in [2.75, 3.05) is 6.54 Å². The third kappa shape index (κ3) is 6.75. The minimum atomic E-state index is -0.449. The fourth-order valence-corrected chi connectivity index (χ4v) is 2.75. The van der Waals surface area contributed by atoms with Crippen LogP contribution in [0.25, 0.3) is 0 Å². The molecule has 0 unspecified atom stereocenters. The number of aryl methyl sites for hydroxylation is 1. The van der Waals surface area contributed by atoms with Crippen LogP contribution in [-0.4, -0.2) is 27.3 Å². The molecule has 30 heavy (non-hydrogen) atoms. The number of aliphatic imine (C=N–C) groups is 1. The van der Waals surface area contributed by atoms with Gasteiger partial charge in [0.1, 0.15) is 17.5 Å². The summed E-state index contributed by atoms with van der Waals surface area (Å²) in [5.41, 5.74) is 1.39. The van der Waals surface area contributed by atoms with Gasteiger partial charge in [-0.25, -0.2) is 13.8 Å². The third-order valence-corrected chi connectivity index (χ3v) is 4.55. The van der Waals surface area contributed by atoms with Crippen LogP contribution in [0.4, 0.5) is 8.78 Å². The van der Waals surface area contributed by atoms with E-state index in [4.69, 9.17) is 0 Å². The lowest BCUT2D eigenvalue weighted by molar-refractivity contribution is 0.582. The van der Waals surface area contributed by atoms with Crippen LogP contribution < -0.4 is 10.6 Å². The molecule has 9 heteroatoms. The Hall–Kier alpha value is -2.56. The maximum absolute atomic E-state index is 13.8. The molecule has 6 nitrogen and oxygen atoms in total. The van der Waals surface area contributed by atoms with Gasteiger partial charge in [-0.3, -0.25) is 0 Å². The number of aromatic nitrogens is 3. The lowest BCUT2D eigenvalue weighted by atomic mass is 10.1. The summed E-state index contributed by atoms with van der Waals surface area (Å²) in [6.45, 7) is 3.21. The molecular formula is C21H25F2IN6. The lowest BCUT2D eigenvalue weighted by Crippen LogP contribution is -2.38. The maximum Gasteiger partial charge on any atom is 0.191 e. The zero-order chi connectivity index (χ0) is 20.6. The molecule has 1 heterocycles. The summed E-state index contributed by atoms with van der Waals surface area (Å²) in [4.78, 5) is 4.59. The molecule has 0 spiro atoms. The molecule has 0 saturated heterocycles. The summed E-state index contributed by atoms with van der Waals surface area (Å²) in [5.74, 6) is 1.28. The Kier molecular flexibility index (Phi) is 9.15. The molecular weight excluding hydrogens is 501 g/mol. The lowest BCUT2D eigenvalue weighted by Gasteiger charge is -2.13. The number of nitrogens with one attached hydrogen (secondary N) is 2. The van der Waals surface area contributed by atoms with Gasteiger partial charge in [-0.2, -0.15) is 0 Å². The Morgan fingerprint density at radius 1 is 1.07 bits per heavy atom. The van der Waals surface area contributed by atoms with Crippen molar-refractivity contribution >= 4 is 29.9 Å². The molecule has 0 saturated carbocycles. The van der Waals surface area contributed by atoms with Crippen molar-refractivity contribution in [1.29, 1.82) is 0 Å². The van der Waals surface area contributed by atoms with Crippen LogP contribution in [0.3, 0.4) is 0 Å². The van der Waals surface area contributed by atoms with Crippen LogP contribution in [-0.2, 0) is 26.6 Å². The monoisotopic (exact) mass is 526 g/mol. The van der Waals surface area contributed by atoms with E-state index in [9.17, 15) is 8.78 Å². The van der Waals surface area contributed by atoms with Crippen molar-refractivity contribution in [2.45, 2.75) is 26.4 Å². The average Bonchev–Trinajstić information content (AvgIpc) is 3.05. The van der Waals surface area contributed by atoms with Gasteiger partial charge in [-0.15, -0.1) is 34.2 Å². The standard InChI is InChI=1S/C21H24F2N6.HI/c1-15-27-28-20(29(15)2)14-26-21(25-13-16-6-4-3-5-7-16)24-11-10-17-12-18(22)8-9-19(17)23;/h3-9,12H,10-11,13-14H2,1-2H3,(H2,24,25,26);1H. The summed E-state index contributed by atoms with van der Waals surface area (Å²) in [6, 6.07) is 13.3. The van der Waals surface area contributed by atoms with Gasteiger partial charge in [0, 0.05) is 13.6 Å². The molecule has 0 atom stereocenters. The molecule has 160 valence electrons. The first-order valence-corrected chi connectivity index (χ1v) is 9.38. The molecule has 1 aromatic heterocycles. The normalized spacial score (nSPS) is 11.1. The smallest absolute Gasteiger partial charge is 0.191 e. The van der Waals surface area contributed by atoms with Crippen molar-refractivity contribution in [3.8, 4) is 0 Å². The molecule has 0 fully saturated rings. The molecule has 3 aromatic rings. The highest BCUT2D eigenvalue weighted by molar-refractivity contribution is 14.0. The third-order valence-electron chi connectivity index (χ3n) is 4.55. The fourth-order valence-electron chi connectivity index (χ4n) is 2.75. The fraction of sp³-hybridized carbons (Fsp3) is 0.286. The predicted octanol–water partition coefficient (Wildman–Crippen LogP) is 3.50. The van der Waals surface area contributed by atoms with Crippen molar-refractivity contribution in [3.63, 3.8) is 0 Å². The van der Waals surface area contributed by atoms with Crippen LogP contribution in [0.5, 0.6) is 0 Å². The van der Waals surface area contributed by atoms with Crippen LogP contribution >= 0.6 is 24.0 Å². The van der Waals surface area contributed by atoms with Gasteiger partial charge in [0.25, 0.3) is 0 Å². The van der Waals surface area contributed by atoms with Crippen LogP contribution in [0.2, 0.25) is 0 Å². The molecule has 0 aliphatic heterocycles. The highest BCUT2D eigenvalue weighted by Gasteiger charge is 2.08. The minimum Gasteiger partial charge on any atom is -0.356 e. The van der Waals surface area contributed by atoms with Crippen LogP contribution in [0.1, 0.15) is 22.8 Å². The molecule has 0 aliphatic carbocycles. The second-order valence-corrected chi connectivity index (χ2v) is 6.64. The first kappa shape index (κ1) is 23.7. The zero-order valence-electron chi connectivity index (χ0n) is 16.9. The van der Waals surface area contributed by atoms with Gasteiger partial charge in [0.05, 0.1) is 13.1 Å². The minimum absolute atomic E-state index is 0. The van der Waals surface area contributed by atoms with E-state index >= 15 is 0 Å². The molecule has 0 amide bonds. The molecule has 2 N–H and O–H groups in total. The summed E-state index contributed by atoms with van der Waals surface area (Å²) >= 11 is 0. The van der Waals surface area contributed by atoms with E-state index in [0.717, 1.165) is 29.3 Å². The number of rotatable bonds is 7. The first-order valence-electron chi connectivity index (χ1n) is 9.38. The van der Waals surface area contributed by atoms with Gasteiger partial charge in [0.15, 0.2) is 11.8 Å². The Balaban J connectivity index is 0.00000320. The van der Waals surface area contributed by atoms with Gasteiger partial charge >= 0.3 is 0 Å². The van der Waals surface area contributed by atoms with E-state index in [1.807, 2.05) is 48.9 Å². The van der Waals surface area contributed by atoms with Crippen molar-refractivity contribution in [3.05, 3.63) is 82.9 Å². The summed E-state index contributed by atoms with van der Waals surface area (Å²) in [7, 11) is 1.90. The van der Waals surface area contributed by atoms with Crippen LogP contribution in [0, 0.1) is 18.6 Å². The van der Waals surface area contributed by atoms with Crippen molar-refractivity contribution < 1.29 is 8.78 Å². The van der Waals surface area contributed by atoms with E-state index in [0.29, 0.717) is 37.6 Å². The highest BCUT2D eigenvalue weighted by Crippen LogP contribution is 2.09. The second-order valence-electron chi connectivity index (χ2n) is 6.64. The van der Waals surface area contributed by atoms with E-state index in [1.54, 1.807) is 0 Å².